The normalized spacial score (nSPS) is 11.9. The van der Waals surface area contributed by atoms with E-state index in [1.54, 1.807) is 13.0 Å². The lowest BCUT2D eigenvalue weighted by Crippen LogP contribution is -2.42. The van der Waals surface area contributed by atoms with Gasteiger partial charge in [-0.2, -0.15) is 11.3 Å². The number of thiophene rings is 1. The van der Waals surface area contributed by atoms with Crippen LogP contribution in [-0.2, 0) is 4.79 Å². The number of nitrogens with zero attached hydrogens (tertiary/aromatic N) is 1. The van der Waals surface area contributed by atoms with Crippen LogP contribution in [0.15, 0.2) is 16.8 Å². The summed E-state index contributed by atoms with van der Waals surface area (Å²) in [6.07, 6.45) is -0.0507. The summed E-state index contributed by atoms with van der Waals surface area (Å²) in [5.41, 5.74) is 0.737. The fourth-order valence-electron chi connectivity index (χ4n) is 1.55. The highest BCUT2D eigenvalue weighted by molar-refractivity contribution is 7.08. The third kappa shape index (κ3) is 4.07. The van der Waals surface area contributed by atoms with E-state index in [4.69, 9.17) is 5.11 Å². The number of nitrogens with one attached hydrogen (secondary N) is 1. The van der Waals surface area contributed by atoms with E-state index in [2.05, 4.69) is 5.32 Å². The number of rotatable bonds is 5. The van der Waals surface area contributed by atoms with Crippen LogP contribution >= 0.6 is 11.3 Å². The van der Waals surface area contributed by atoms with E-state index in [1.165, 1.54) is 16.2 Å². The second-order valence-electron chi connectivity index (χ2n) is 3.68. The van der Waals surface area contributed by atoms with Crippen LogP contribution in [-0.4, -0.2) is 34.6 Å². The molecule has 0 radical (unpaired) electrons. The van der Waals surface area contributed by atoms with Crippen molar-refractivity contribution in [2.75, 3.05) is 11.9 Å². The van der Waals surface area contributed by atoms with Crippen LogP contribution in [0.2, 0.25) is 0 Å². The molecular formula is C11H16N2O3S. The number of carboxylic acid groups (broad SMARTS) is 1. The first-order chi connectivity index (χ1) is 8.04. The molecule has 0 bridgehead atoms. The number of amides is 2. The topological polar surface area (TPSA) is 69.6 Å². The molecule has 0 aromatic carbocycles. The Kier molecular flexibility index (Phi) is 4.96. The van der Waals surface area contributed by atoms with Crippen LogP contribution in [0.5, 0.6) is 0 Å². The molecule has 1 aromatic heterocycles. The quantitative estimate of drug-likeness (QED) is 0.850. The van der Waals surface area contributed by atoms with Crippen LogP contribution in [0.1, 0.15) is 20.3 Å². The first kappa shape index (κ1) is 13.5. The Morgan fingerprint density at radius 1 is 1.59 bits per heavy atom. The minimum atomic E-state index is -0.903. The molecule has 6 heteroatoms. The Bertz CT molecular complexity index is 378. The minimum absolute atomic E-state index is 0.0507. The molecule has 1 unspecified atom stereocenters. The van der Waals surface area contributed by atoms with Gasteiger partial charge in [0.1, 0.15) is 0 Å². The number of urea groups is 1. The van der Waals surface area contributed by atoms with Gasteiger partial charge in [-0.25, -0.2) is 4.79 Å². The van der Waals surface area contributed by atoms with E-state index in [0.29, 0.717) is 6.54 Å². The van der Waals surface area contributed by atoms with Crippen LogP contribution < -0.4 is 5.32 Å². The first-order valence-corrected chi connectivity index (χ1v) is 6.30. The Balaban J connectivity index is 2.60. The molecule has 5 nitrogen and oxygen atoms in total. The van der Waals surface area contributed by atoms with Gasteiger partial charge in [0.15, 0.2) is 0 Å². The molecule has 1 rings (SSSR count). The van der Waals surface area contributed by atoms with Crippen molar-refractivity contribution in [3.8, 4) is 0 Å². The van der Waals surface area contributed by atoms with E-state index in [1.807, 2.05) is 17.7 Å². The zero-order valence-corrected chi connectivity index (χ0v) is 10.7. The van der Waals surface area contributed by atoms with E-state index < -0.39 is 5.97 Å². The van der Waals surface area contributed by atoms with Crippen molar-refractivity contribution < 1.29 is 14.7 Å². The third-order valence-corrected chi connectivity index (χ3v) is 3.06. The van der Waals surface area contributed by atoms with Gasteiger partial charge < -0.3 is 15.3 Å². The van der Waals surface area contributed by atoms with Crippen molar-refractivity contribution in [1.82, 2.24) is 4.90 Å². The maximum Gasteiger partial charge on any atom is 0.322 e. The maximum atomic E-state index is 11.9. The van der Waals surface area contributed by atoms with Crippen molar-refractivity contribution in [3.05, 3.63) is 16.8 Å². The molecule has 1 aromatic rings. The predicted octanol–water partition coefficient (Wildman–Crippen LogP) is 2.47. The zero-order chi connectivity index (χ0) is 12.8. The smallest absolute Gasteiger partial charge is 0.322 e. The summed E-state index contributed by atoms with van der Waals surface area (Å²) < 4.78 is 0. The van der Waals surface area contributed by atoms with Crippen LogP contribution in [0.4, 0.5) is 10.5 Å². The number of aliphatic carboxylic acids is 1. The van der Waals surface area contributed by atoms with E-state index in [-0.39, 0.29) is 18.5 Å². The summed E-state index contributed by atoms with van der Waals surface area (Å²) in [4.78, 5) is 24.0. The summed E-state index contributed by atoms with van der Waals surface area (Å²) in [6.45, 7) is 4.03. The number of anilines is 1. The summed E-state index contributed by atoms with van der Waals surface area (Å²) in [5, 5.41) is 15.1. The van der Waals surface area contributed by atoms with Crippen molar-refractivity contribution >= 4 is 29.0 Å². The molecule has 2 N–H and O–H groups in total. The monoisotopic (exact) mass is 256 g/mol. The van der Waals surface area contributed by atoms with Gasteiger partial charge in [-0.15, -0.1) is 0 Å². The molecule has 0 fully saturated rings. The Hall–Kier alpha value is -1.56. The maximum absolute atomic E-state index is 11.9. The Morgan fingerprint density at radius 3 is 2.76 bits per heavy atom. The highest BCUT2D eigenvalue weighted by Gasteiger charge is 2.20. The molecule has 0 spiro atoms. The lowest BCUT2D eigenvalue weighted by atomic mass is 10.2. The predicted molar refractivity (Wildman–Crippen MR) is 67.4 cm³/mol. The Morgan fingerprint density at radius 2 is 2.29 bits per heavy atom. The fraction of sp³-hybridized carbons (Fsp3) is 0.455. The highest BCUT2D eigenvalue weighted by atomic mass is 32.1. The average Bonchev–Trinajstić information content (AvgIpc) is 2.70. The number of carbonyl (C=O) groups is 2. The van der Waals surface area contributed by atoms with Gasteiger partial charge in [-0.1, -0.05) is 0 Å². The summed E-state index contributed by atoms with van der Waals surface area (Å²) in [5.74, 6) is -0.903. The van der Waals surface area contributed by atoms with Crippen molar-refractivity contribution in [3.63, 3.8) is 0 Å². The number of hydrogen-bond donors (Lipinski definition) is 2. The van der Waals surface area contributed by atoms with E-state index in [9.17, 15) is 9.59 Å². The van der Waals surface area contributed by atoms with Gasteiger partial charge in [-0.3, -0.25) is 4.79 Å². The lowest BCUT2D eigenvalue weighted by molar-refractivity contribution is -0.137. The molecule has 2 amide bonds. The number of carboxylic acids is 1. The van der Waals surface area contributed by atoms with Crippen LogP contribution in [0.25, 0.3) is 0 Å². The molecule has 0 aliphatic heterocycles. The van der Waals surface area contributed by atoms with Crippen molar-refractivity contribution in [2.45, 2.75) is 26.3 Å². The first-order valence-electron chi connectivity index (χ1n) is 5.36. The molecular weight excluding hydrogens is 240 g/mol. The van der Waals surface area contributed by atoms with Gasteiger partial charge in [0.05, 0.1) is 12.1 Å². The summed E-state index contributed by atoms with van der Waals surface area (Å²) >= 11 is 1.49. The standard InChI is InChI=1S/C11H16N2O3S/c1-3-13(8(2)6-10(14)15)11(16)12-9-4-5-17-7-9/h4-5,7-8H,3,6H2,1-2H3,(H,12,16)(H,14,15). The molecule has 0 aliphatic carbocycles. The van der Waals surface area contributed by atoms with Crippen molar-refractivity contribution in [1.29, 1.82) is 0 Å². The highest BCUT2D eigenvalue weighted by Crippen LogP contribution is 2.14. The molecule has 1 heterocycles. The molecule has 17 heavy (non-hydrogen) atoms. The second kappa shape index (κ2) is 6.24. The fourth-order valence-corrected chi connectivity index (χ4v) is 2.14. The molecule has 0 aliphatic rings. The largest absolute Gasteiger partial charge is 0.481 e. The Labute approximate surface area is 104 Å². The molecule has 0 saturated heterocycles. The molecule has 0 saturated carbocycles. The molecule has 1 atom stereocenters. The van der Waals surface area contributed by atoms with Gasteiger partial charge in [-0.05, 0) is 25.3 Å². The van der Waals surface area contributed by atoms with Gasteiger partial charge in [0.2, 0.25) is 0 Å². The summed E-state index contributed by atoms with van der Waals surface area (Å²) in [7, 11) is 0. The molecule has 94 valence electrons. The van der Waals surface area contributed by atoms with Gasteiger partial charge in [0.25, 0.3) is 0 Å². The second-order valence-corrected chi connectivity index (χ2v) is 4.46. The SMILES string of the molecule is CCN(C(=O)Nc1ccsc1)C(C)CC(=O)O. The van der Waals surface area contributed by atoms with E-state index >= 15 is 0 Å². The average molecular weight is 256 g/mol. The number of hydrogen-bond acceptors (Lipinski definition) is 3. The minimum Gasteiger partial charge on any atom is -0.481 e. The van der Waals surface area contributed by atoms with Crippen LogP contribution in [0, 0.1) is 0 Å². The summed E-state index contributed by atoms with van der Waals surface area (Å²) in [6, 6.07) is 1.22. The van der Waals surface area contributed by atoms with Crippen molar-refractivity contribution in [2.24, 2.45) is 0 Å². The van der Waals surface area contributed by atoms with Crippen LogP contribution in [0.3, 0.4) is 0 Å². The number of carbonyl (C=O) groups excluding carboxylic acids is 1. The van der Waals surface area contributed by atoms with Gasteiger partial charge >= 0.3 is 12.0 Å². The lowest BCUT2D eigenvalue weighted by Gasteiger charge is -2.26. The third-order valence-electron chi connectivity index (χ3n) is 2.38. The van der Waals surface area contributed by atoms with E-state index in [0.717, 1.165) is 5.69 Å². The zero-order valence-electron chi connectivity index (χ0n) is 9.84. The van der Waals surface area contributed by atoms with Gasteiger partial charge in [0, 0.05) is 18.0 Å².